The fourth-order valence-corrected chi connectivity index (χ4v) is 2.13. The summed E-state index contributed by atoms with van der Waals surface area (Å²) in [5.74, 6) is -0.528. The minimum Gasteiger partial charge on any atom is -0.469 e. The Morgan fingerprint density at radius 2 is 2.06 bits per heavy atom. The van der Waals surface area contributed by atoms with Gasteiger partial charge in [0.25, 0.3) is 0 Å². The molecule has 0 heterocycles. The number of methoxy groups -OCH3 is 1. The first-order valence-electron chi connectivity index (χ1n) is 5.34. The van der Waals surface area contributed by atoms with Crippen molar-refractivity contribution in [1.29, 1.82) is 0 Å². The molecule has 0 aromatic carbocycles. The Hall–Kier alpha value is -1.17. The van der Waals surface area contributed by atoms with Gasteiger partial charge < -0.3 is 9.84 Å². The van der Waals surface area contributed by atoms with Gasteiger partial charge in [0, 0.05) is 11.8 Å². The summed E-state index contributed by atoms with van der Waals surface area (Å²) >= 11 is 0. The quantitative estimate of drug-likeness (QED) is 0.439. The van der Waals surface area contributed by atoms with Gasteiger partial charge in [-0.15, -0.1) is 0 Å². The van der Waals surface area contributed by atoms with Crippen molar-refractivity contribution in [2.24, 2.45) is 5.92 Å². The van der Waals surface area contributed by atoms with E-state index in [-0.39, 0.29) is 24.7 Å². The Morgan fingerprint density at radius 3 is 2.44 bits per heavy atom. The summed E-state index contributed by atoms with van der Waals surface area (Å²) in [6.45, 7) is 1.40. The van der Waals surface area contributed by atoms with E-state index in [0.29, 0.717) is 12.8 Å². The molecule has 1 saturated carbocycles. The predicted octanol–water partition coefficient (Wildman–Crippen LogP) is 0.746. The Balaban J connectivity index is 2.59. The number of carbonyl (C=O) groups excluding carboxylic acids is 1. The van der Waals surface area contributed by atoms with Gasteiger partial charge in [-0.25, -0.2) is 0 Å². The third kappa shape index (κ3) is 2.49. The highest BCUT2D eigenvalue weighted by Crippen LogP contribution is 2.35. The number of rotatable bonds is 3. The summed E-state index contributed by atoms with van der Waals surface area (Å²) < 4.78 is 4.61. The number of nitro groups is 1. The van der Waals surface area contributed by atoms with Gasteiger partial charge in [-0.1, -0.05) is 0 Å². The van der Waals surface area contributed by atoms with Crippen molar-refractivity contribution in [1.82, 2.24) is 0 Å². The average molecular weight is 231 g/mol. The molecule has 0 spiro atoms. The molecule has 0 aromatic heterocycles. The van der Waals surface area contributed by atoms with E-state index in [1.165, 1.54) is 14.0 Å². The smallest absolute Gasteiger partial charge is 0.308 e. The highest BCUT2D eigenvalue weighted by Gasteiger charge is 2.45. The minimum absolute atomic E-state index is 0.232. The molecule has 0 aromatic rings. The predicted molar refractivity (Wildman–Crippen MR) is 55.4 cm³/mol. The highest BCUT2D eigenvalue weighted by molar-refractivity contribution is 5.72. The monoisotopic (exact) mass is 231 g/mol. The number of nitrogens with zero attached hydrogens (tertiary/aromatic N) is 1. The molecule has 0 bridgehead atoms. The van der Waals surface area contributed by atoms with Crippen LogP contribution in [0.4, 0.5) is 0 Å². The van der Waals surface area contributed by atoms with Crippen LogP contribution in [0.1, 0.15) is 32.6 Å². The lowest BCUT2D eigenvalue weighted by atomic mass is 9.75. The maximum atomic E-state index is 11.2. The van der Waals surface area contributed by atoms with Crippen LogP contribution in [-0.2, 0) is 9.53 Å². The number of aliphatic hydroxyl groups is 1. The van der Waals surface area contributed by atoms with E-state index >= 15 is 0 Å². The average Bonchev–Trinajstić information content (AvgIpc) is 2.28. The van der Waals surface area contributed by atoms with Crippen LogP contribution >= 0.6 is 0 Å². The Bertz CT molecular complexity index is 283. The molecule has 6 heteroatoms. The Kier molecular flexibility index (Phi) is 3.85. The topological polar surface area (TPSA) is 89.7 Å². The molecular formula is C10H17NO5. The third-order valence-corrected chi connectivity index (χ3v) is 3.48. The molecule has 1 rings (SSSR count). The van der Waals surface area contributed by atoms with E-state index in [1.54, 1.807) is 0 Å². The van der Waals surface area contributed by atoms with E-state index < -0.39 is 16.6 Å². The molecule has 1 aliphatic rings. The Morgan fingerprint density at radius 1 is 1.56 bits per heavy atom. The van der Waals surface area contributed by atoms with Gasteiger partial charge in [0.05, 0.1) is 13.0 Å². The van der Waals surface area contributed by atoms with Crippen molar-refractivity contribution >= 4 is 5.97 Å². The van der Waals surface area contributed by atoms with Gasteiger partial charge in [-0.05, 0) is 25.7 Å². The van der Waals surface area contributed by atoms with Crippen molar-refractivity contribution in [2.45, 2.75) is 44.2 Å². The van der Waals surface area contributed by atoms with E-state index in [0.717, 1.165) is 0 Å². The number of hydrogen-bond acceptors (Lipinski definition) is 5. The van der Waals surface area contributed by atoms with E-state index in [2.05, 4.69) is 4.74 Å². The summed E-state index contributed by atoms with van der Waals surface area (Å²) in [4.78, 5) is 21.4. The van der Waals surface area contributed by atoms with Crippen LogP contribution in [0.25, 0.3) is 0 Å². The van der Waals surface area contributed by atoms with Crippen molar-refractivity contribution in [2.75, 3.05) is 7.11 Å². The summed E-state index contributed by atoms with van der Waals surface area (Å²) in [6.07, 6.45) is 1.44. The second kappa shape index (κ2) is 4.78. The molecule has 1 aliphatic carbocycles. The zero-order chi connectivity index (χ0) is 12.3. The van der Waals surface area contributed by atoms with Crippen LogP contribution in [-0.4, -0.2) is 34.8 Å². The lowest BCUT2D eigenvalue weighted by Crippen LogP contribution is -2.48. The first-order chi connectivity index (χ1) is 7.40. The normalized spacial score (nSPS) is 31.8. The van der Waals surface area contributed by atoms with E-state index in [1.807, 2.05) is 0 Å². The summed E-state index contributed by atoms with van der Waals surface area (Å²) in [6, 6.07) is -0.994. The number of hydrogen-bond donors (Lipinski definition) is 1. The van der Waals surface area contributed by atoms with Crippen LogP contribution in [0.15, 0.2) is 0 Å². The number of esters is 1. The van der Waals surface area contributed by atoms with Crippen molar-refractivity contribution in [3.05, 3.63) is 10.1 Å². The zero-order valence-corrected chi connectivity index (χ0v) is 9.51. The molecule has 1 atom stereocenters. The van der Waals surface area contributed by atoms with Crippen LogP contribution in [0.5, 0.6) is 0 Å². The largest absolute Gasteiger partial charge is 0.469 e. The lowest BCUT2D eigenvalue weighted by Gasteiger charge is -2.35. The first kappa shape index (κ1) is 12.9. The van der Waals surface area contributed by atoms with Gasteiger partial charge in [0.15, 0.2) is 0 Å². The van der Waals surface area contributed by atoms with Gasteiger partial charge in [0.1, 0.15) is 5.60 Å². The maximum Gasteiger partial charge on any atom is 0.308 e. The SMILES string of the molecule is COC(=O)C1CCC(O)(C(C)[N+](=O)[O-])CC1. The molecular weight excluding hydrogens is 214 g/mol. The van der Waals surface area contributed by atoms with Crippen molar-refractivity contribution in [3.8, 4) is 0 Å². The molecule has 0 radical (unpaired) electrons. The van der Waals surface area contributed by atoms with Gasteiger partial charge >= 0.3 is 5.97 Å². The molecule has 92 valence electrons. The summed E-state index contributed by atoms with van der Waals surface area (Å²) in [5.41, 5.74) is -1.28. The number of ether oxygens (including phenoxy) is 1. The van der Waals surface area contributed by atoms with Gasteiger partial charge in [-0.3, -0.25) is 14.9 Å². The standard InChI is InChI=1S/C10H17NO5/c1-7(11(14)15)10(13)5-3-8(4-6-10)9(12)16-2/h7-8,13H,3-6H2,1-2H3. The maximum absolute atomic E-state index is 11.2. The first-order valence-corrected chi connectivity index (χ1v) is 5.34. The van der Waals surface area contributed by atoms with Crippen LogP contribution in [0, 0.1) is 16.0 Å². The van der Waals surface area contributed by atoms with E-state index in [4.69, 9.17) is 0 Å². The zero-order valence-electron chi connectivity index (χ0n) is 9.51. The molecule has 6 nitrogen and oxygen atoms in total. The minimum atomic E-state index is -1.28. The lowest BCUT2D eigenvalue weighted by molar-refractivity contribution is -0.542. The number of carbonyl (C=O) groups is 1. The molecule has 0 amide bonds. The van der Waals surface area contributed by atoms with Crippen LogP contribution in [0.3, 0.4) is 0 Å². The fourth-order valence-electron chi connectivity index (χ4n) is 2.13. The van der Waals surface area contributed by atoms with Gasteiger partial charge in [0.2, 0.25) is 6.04 Å². The molecule has 1 unspecified atom stereocenters. The molecule has 16 heavy (non-hydrogen) atoms. The second-order valence-corrected chi connectivity index (χ2v) is 4.36. The molecule has 0 saturated heterocycles. The van der Waals surface area contributed by atoms with E-state index in [9.17, 15) is 20.0 Å². The molecule has 1 fully saturated rings. The molecule has 1 N–H and O–H groups in total. The second-order valence-electron chi connectivity index (χ2n) is 4.36. The van der Waals surface area contributed by atoms with Crippen LogP contribution in [0.2, 0.25) is 0 Å². The van der Waals surface area contributed by atoms with Crippen LogP contribution < -0.4 is 0 Å². The van der Waals surface area contributed by atoms with Crippen molar-refractivity contribution in [3.63, 3.8) is 0 Å². The molecule has 0 aliphatic heterocycles. The van der Waals surface area contributed by atoms with Crippen molar-refractivity contribution < 1.29 is 19.6 Å². The Labute approximate surface area is 93.7 Å². The third-order valence-electron chi connectivity index (χ3n) is 3.48. The fraction of sp³-hybridized carbons (Fsp3) is 0.900. The highest BCUT2D eigenvalue weighted by atomic mass is 16.6. The van der Waals surface area contributed by atoms with Gasteiger partial charge in [-0.2, -0.15) is 0 Å². The summed E-state index contributed by atoms with van der Waals surface area (Å²) in [5, 5.41) is 20.7. The summed E-state index contributed by atoms with van der Waals surface area (Å²) in [7, 11) is 1.32.